The minimum atomic E-state index is -0.218. The predicted octanol–water partition coefficient (Wildman–Crippen LogP) is -0.218. The van der Waals surface area contributed by atoms with Crippen molar-refractivity contribution < 1.29 is 9.53 Å². The Kier molecular flexibility index (Phi) is 5.68. The number of nitrogens with one attached hydrogen (secondary N) is 1. The molecule has 0 saturated carbocycles. The first-order chi connectivity index (χ1) is 11.8. The van der Waals surface area contributed by atoms with Gasteiger partial charge in [-0.05, 0) is 12.8 Å². The monoisotopic (exact) mass is 334 g/mol. The van der Waals surface area contributed by atoms with Crippen LogP contribution in [0.25, 0.3) is 0 Å². The third kappa shape index (κ3) is 4.05. The zero-order valence-corrected chi connectivity index (χ0v) is 14.2. The summed E-state index contributed by atoms with van der Waals surface area (Å²) in [6, 6.07) is 0. The summed E-state index contributed by atoms with van der Waals surface area (Å²) in [4.78, 5) is 24.9. The van der Waals surface area contributed by atoms with Gasteiger partial charge in [-0.2, -0.15) is 0 Å². The third-order valence-electron chi connectivity index (χ3n) is 4.52. The molecule has 132 valence electrons. The minimum Gasteiger partial charge on any atom is -0.368 e. The highest BCUT2D eigenvalue weighted by Crippen LogP contribution is 2.16. The van der Waals surface area contributed by atoms with Crippen LogP contribution in [0.3, 0.4) is 0 Å². The van der Waals surface area contributed by atoms with E-state index in [0.29, 0.717) is 6.61 Å². The first-order valence-corrected chi connectivity index (χ1v) is 8.59. The number of carbonyl (C=O) groups excluding carboxylic acids is 1. The molecule has 1 N–H and O–H groups in total. The summed E-state index contributed by atoms with van der Waals surface area (Å²) >= 11 is 0. The van der Waals surface area contributed by atoms with Crippen LogP contribution in [0.4, 0.5) is 0 Å². The Hall–Kier alpha value is -2.09. The topological polar surface area (TPSA) is 75.0 Å². The van der Waals surface area contributed by atoms with Crippen LogP contribution in [0.1, 0.15) is 12.8 Å². The van der Waals surface area contributed by atoms with Crippen LogP contribution < -0.4 is 5.32 Å². The third-order valence-corrected chi connectivity index (χ3v) is 4.52. The van der Waals surface area contributed by atoms with Crippen molar-refractivity contribution in [1.82, 2.24) is 24.7 Å². The van der Waals surface area contributed by atoms with E-state index >= 15 is 0 Å². The van der Waals surface area contributed by atoms with Crippen LogP contribution in [-0.2, 0) is 16.1 Å². The van der Waals surface area contributed by atoms with Crippen LogP contribution in [0.2, 0.25) is 0 Å². The van der Waals surface area contributed by atoms with Gasteiger partial charge in [-0.1, -0.05) is 0 Å². The standard InChI is InChI=1S/C16H26N6O2/c1-17-16(19-5-7-20-6-4-18-13-20)22-10-8-21(9-11-22)15(23)14-3-2-12-24-14/h4,6,13-14H,2-3,5,7-12H2,1H3,(H,17,19). The SMILES string of the molecule is CN=C(NCCn1ccnc1)N1CCN(C(=O)C2CCCO2)CC1. The number of piperazine rings is 1. The molecule has 2 aliphatic heterocycles. The van der Waals surface area contributed by atoms with Crippen molar-refractivity contribution >= 4 is 11.9 Å². The van der Waals surface area contributed by atoms with E-state index in [9.17, 15) is 4.79 Å². The van der Waals surface area contributed by atoms with Crippen molar-refractivity contribution in [2.75, 3.05) is 46.4 Å². The van der Waals surface area contributed by atoms with E-state index in [4.69, 9.17) is 4.74 Å². The second-order valence-electron chi connectivity index (χ2n) is 6.09. The number of aromatic nitrogens is 2. The van der Waals surface area contributed by atoms with E-state index in [1.54, 1.807) is 19.6 Å². The van der Waals surface area contributed by atoms with E-state index in [1.807, 2.05) is 15.7 Å². The molecule has 1 aromatic heterocycles. The number of nitrogens with zero attached hydrogens (tertiary/aromatic N) is 5. The molecule has 2 saturated heterocycles. The highest BCUT2D eigenvalue weighted by molar-refractivity contribution is 5.82. The molecule has 3 heterocycles. The first kappa shape index (κ1) is 16.8. The number of hydrogen-bond acceptors (Lipinski definition) is 4. The van der Waals surface area contributed by atoms with Gasteiger partial charge in [0.15, 0.2) is 5.96 Å². The van der Waals surface area contributed by atoms with Crippen LogP contribution in [0.15, 0.2) is 23.7 Å². The Morgan fingerprint density at radius 3 is 2.75 bits per heavy atom. The molecule has 1 unspecified atom stereocenters. The fraction of sp³-hybridized carbons (Fsp3) is 0.688. The zero-order valence-electron chi connectivity index (χ0n) is 14.2. The van der Waals surface area contributed by atoms with E-state index in [0.717, 1.165) is 58.1 Å². The highest BCUT2D eigenvalue weighted by atomic mass is 16.5. The lowest BCUT2D eigenvalue weighted by molar-refractivity contribution is -0.142. The van der Waals surface area contributed by atoms with E-state index in [-0.39, 0.29) is 12.0 Å². The summed E-state index contributed by atoms with van der Waals surface area (Å²) in [5, 5.41) is 3.38. The molecule has 2 fully saturated rings. The molecule has 24 heavy (non-hydrogen) atoms. The Morgan fingerprint density at radius 1 is 1.33 bits per heavy atom. The smallest absolute Gasteiger partial charge is 0.251 e. The summed E-state index contributed by atoms with van der Waals surface area (Å²) in [6.45, 7) is 5.38. The lowest BCUT2D eigenvalue weighted by atomic mass is 10.2. The Labute approximate surface area is 142 Å². The molecule has 0 aromatic carbocycles. The van der Waals surface area contributed by atoms with Crippen molar-refractivity contribution in [1.29, 1.82) is 0 Å². The van der Waals surface area contributed by atoms with Crippen LogP contribution in [0, 0.1) is 0 Å². The summed E-state index contributed by atoms with van der Waals surface area (Å²) in [7, 11) is 1.80. The molecular weight excluding hydrogens is 308 g/mol. The van der Waals surface area contributed by atoms with E-state index in [2.05, 4.69) is 20.2 Å². The fourth-order valence-electron chi connectivity index (χ4n) is 3.16. The van der Waals surface area contributed by atoms with Crippen molar-refractivity contribution in [2.24, 2.45) is 4.99 Å². The average molecular weight is 334 g/mol. The van der Waals surface area contributed by atoms with Crippen LogP contribution in [0.5, 0.6) is 0 Å². The van der Waals surface area contributed by atoms with Gasteiger partial charge in [-0.15, -0.1) is 0 Å². The normalized spacial score (nSPS) is 22.0. The first-order valence-electron chi connectivity index (χ1n) is 8.59. The number of guanidine groups is 1. The molecule has 0 radical (unpaired) electrons. The van der Waals surface area contributed by atoms with Crippen molar-refractivity contribution in [3.8, 4) is 0 Å². The molecule has 8 heteroatoms. The van der Waals surface area contributed by atoms with Gasteiger partial charge in [0.05, 0.1) is 6.33 Å². The largest absolute Gasteiger partial charge is 0.368 e. The van der Waals surface area contributed by atoms with Crippen molar-refractivity contribution in [2.45, 2.75) is 25.5 Å². The molecule has 0 spiro atoms. The van der Waals surface area contributed by atoms with Crippen molar-refractivity contribution in [3.05, 3.63) is 18.7 Å². The number of ether oxygens (including phenoxy) is 1. The molecule has 0 aliphatic carbocycles. The molecule has 1 aromatic rings. The van der Waals surface area contributed by atoms with Gasteiger partial charge in [0.25, 0.3) is 5.91 Å². The van der Waals surface area contributed by atoms with Gasteiger partial charge in [-0.3, -0.25) is 9.79 Å². The highest BCUT2D eigenvalue weighted by Gasteiger charge is 2.30. The molecule has 0 bridgehead atoms. The zero-order chi connectivity index (χ0) is 16.8. The van der Waals surface area contributed by atoms with Gasteiger partial charge in [0.2, 0.25) is 0 Å². The molecule has 1 atom stereocenters. The maximum absolute atomic E-state index is 12.4. The number of imidazole rings is 1. The molecule has 3 rings (SSSR count). The Morgan fingerprint density at radius 2 is 2.12 bits per heavy atom. The molecular formula is C16H26N6O2. The number of amides is 1. The van der Waals surface area contributed by atoms with Gasteiger partial charge < -0.3 is 24.4 Å². The summed E-state index contributed by atoms with van der Waals surface area (Å²) in [5.74, 6) is 1.04. The Balaban J connectivity index is 1.43. The molecule has 8 nitrogen and oxygen atoms in total. The number of carbonyl (C=O) groups is 1. The predicted molar refractivity (Wildman–Crippen MR) is 90.7 cm³/mol. The molecule has 1 amide bonds. The quantitative estimate of drug-likeness (QED) is 0.609. The summed E-state index contributed by atoms with van der Waals surface area (Å²) in [6.07, 6.45) is 7.16. The van der Waals surface area contributed by atoms with Gasteiger partial charge >= 0.3 is 0 Å². The maximum Gasteiger partial charge on any atom is 0.251 e. The second-order valence-corrected chi connectivity index (χ2v) is 6.09. The number of hydrogen-bond donors (Lipinski definition) is 1. The van der Waals surface area contributed by atoms with E-state index in [1.165, 1.54) is 0 Å². The Bertz CT molecular complexity index is 545. The average Bonchev–Trinajstić information content (AvgIpc) is 3.32. The molecule has 2 aliphatic rings. The number of aliphatic imine (C=N–C) groups is 1. The van der Waals surface area contributed by atoms with Gasteiger partial charge in [0, 0.05) is 65.3 Å². The fourth-order valence-corrected chi connectivity index (χ4v) is 3.16. The van der Waals surface area contributed by atoms with Gasteiger partial charge in [0.1, 0.15) is 6.10 Å². The van der Waals surface area contributed by atoms with Gasteiger partial charge in [-0.25, -0.2) is 4.98 Å². The second kappa shape index (κ2) is 8.14. The lowest BCUT2D eigenvalue weighted by Gasteiger charge is -2.37. The van der Waals surface area contributed by atoms with Crippen LogP contribution >= 0.6 is 0 Å². The lowest BCUT2D eigenvalue weighted by Crippen LogP contribution is -2.55. The maximum atomic E-state index is 12.4. The van der Waals surface area contributed by atoms with Crippen molar-refractivity contribution in [3.63, 3.8) is 0 Å². The minimum absolute atomic E-state index is 0.148. The number of rotatable bonds is 4. The summed E-state index contributed by atoms with van der Waals surface area (Å²) in [5.41, 5.74) is 0. The van der Waals surface area contributed by atoms with Crippen LogP contribution in [-0.4, -0.2) is 83.7 Å². The summed E-state index contributed by atoms with van der Waals surface area (Å²) < 4.78 is 7.53. The van der Waals surface area contributed by atoms with E-state index < -0.39 is 0 Å².